The van der Waals surface area contributed by atoms with Crippen LogP contribution in [0.5, 0.6) is 11.5 Å². The fraction of sp³-hybridized carbons (Fsp3) is 0.182. The van der Waals surface area contributed by atoms with E-state index in [9.17, 15) is 14.9 Å². The number of nitro benzene ring substituents is 1. The van der Waals surface area contributed by atoms with Gasteiger partial charge in [0.2, 0.25) is 5.75 Å². The molecule has 10 heteroatoms. The van der Waals surface area contributed by atoms with Gasteiger partial charge in [-0.2, -0.15) is 9.78 Å². The van der Waals surface area contributed by atoms with Gasteiger partial charge in [-0.3, -0.25) is 14.9 Å². The summed E-state index contributed by atoms with van der Waals surface area (Å²) in [5.41, 5.74) is 3.59. The van der Waals surface area contributed by atoms with Gasteiger partial charge in [0.15, 0.2) is 5.82 Å². The largest absolute Gasteiger partial charge is 0.496 e. The second-order valence-corrected chi connectivity index (χ2v) is 11.2. The van der Waals surface area contributed by atoms with Gasteiger partial charge in [-0.25, -0.2) is 4.98 Å². The Hall–Kier alpha value is -4.83. The average Bonchev–Trinajstić information content (AvgIpc) is 2.99. The van der Waals surface area contributed by atoms with E-state index in [-0.39, 0.29) is 29.5 Å². The predicted octanol–water partition coefficient (Wildman–Crippen LogP) is 7.64. The third-order valence-electron chi connectivity index (χ3n) is 6.99. The van der Waals surface area contributed by atoms with Crippen LogP contribution in [0.2, 0.25) is 0 Å². The van der Waals surface area contributed by atoms with Crippen LogP contribution >= 0.6 is 15.9 Å². The lowest BCUT2D eigenvalue weighted by molar-refractivity contribution is -0.386. The molecule has 0 atom stereocenters. The van der Waals surface area contributed by atoms with Gasteiger partial charge >= 0.3 is 5.69 Å². The molecular formula is C33H29BrN4O5. The summed E-state index contributed by atoms with van der Waals surface area (Å²) in [5, 5.41) is 17.0. The normalized spacial score (nSPS) is 11.4. The Balaban J connectivity index is 1.71. The van der Waals surface area contributed by atoms with Crippen LogP contribution in [0.15, 0.2) is 93.2 Å². The molecule has 4 aromatic carbocycles. The molecule has 218 valence electrons. The van der Waals surface area contributed by atoms with Crippen LogP contribution in [0.3, 0.4) is 0 Å². The summed E-state index contributed by atoms with van der Waals surface area (Å²) in [4.78, 5) is 30.2. The smallest absolute Gasteiger partial charge is 0.312 e. The van der Waals surface area contributed by atoms with E-state index in [1.54, 1.807) is 31.4 Å². The Bertz CT molecular complexity index is 1920. The maximum absolute atomic E-state index is 13.9. The third-order valence-corrected chi connectivity index (χ3v) is 7.45. The first-order chi connectivity index (χ1) is 20.7. The molecule has 0 spiro atoms. The summed E-state index contributed by atoms with van der Waals surface area (Å²) in [6, 6.07) is 23.3. The number of aryl methyl sites for hydroxylation is 1. The maximum atomic E-state index is 13.9. The molecule has 5 aromatic rings. The van der Waals surface area contributed by atoms with E-state index in [0.717, 1.165) is 22.4 Å². The molecule has 0 N–H and O–H groups in total. The van der Waals surface area contributed by atoms with E-state index in [1.807, 2.05) is 55.5 Å². The number of nitrogens with zero attached hydrogens (tertiary/aromatic N) is 4. The maximum Gasteiger partial charge on any atom is 0.312 e. The third kappa shape index (κ3) is 6.19. The van der Waals surface area contributed by atoms with Crippen molar-refractivity contribution >= 4 is 38.7 Å². The van der Waals surface area contributed by atoms with Crippen molar-refractivity contribution in [2.45, 2.75) is 33.3 Å². The number of fused-ring (bicyclic) bond motifs is 1. The predicted molar refractivity (Wildman–Crippen MR) is 171 cm³/mol. The van der Waals surface area contributed by atoms with Crippen molar-refractivity contribution in [1.29, 1.82) is 0 Å². The van der Waals surface area contributed by atoms with Crippen LogP contribution in [0, 0.1) is 17.0 Å². The number of methoxy groups -OCH3 is 1. The van der Waals surface area contributed by atoms with E-state index in [1.165, 1.54) is 17.0 Å². The molecule has 0 radical (unpaired) electrons. The minimum Gasteiger partial charge on any atom is -0.496 e. The molecule has 0 amide bonds. The van der Waals surface area contributed by atoms with Crippen molar-refractivity contribution < 1.29 is 14.4 Å². The highest BCUT2D eigenvalue weighted by molar-refractivity contribution is 9.10. The molecule has 0 saturated carbocycles. The molecule has 0 aliphatic rings. The van der Waals surface area contributed by atoms with Gasteiger partial charge in [0.25, 0.3) is 5.56 Å². The van der Waals surface area contributed by atoms with Crippen LogP contribution in [-0.2, 0) is 6.61 Å². The fourth-order valence-corrected chi connectivity index (χ4v) is 5.27. The van der Waals surface area contributed by atoms with Crippen molar-refractivity contribution in [2.24, 2.45) is 5.10 Å². The first-order valence-electron chi connectivity index (χ1n) is 13.6. The fourth-order valence-electron chi connectivity index (χ4n) is 4.81. The molecular weight excluding hydrogens is 612 g/mol. The second-order valence-electron chi connectivity index (χ2n) is 10.3. The Morgan fingerprint density at radius 2 is 1.79 bits per heavy atom. The van der Waals surface area contributed by atoms with Crippen molar-refractivity contribution in [3.8, 4) is 22.9 Å². The monoisotopic (exact) mass is 640 g/mol. The molecule has 0 unspecified atom stereocenters. The Morgan fingerprint density at radius 1 is 1.07 bits per heavy atom. The zero-order chi connectivity index (χ0) is 30.7. The molecule has 0 fully saturated rings. The Labute approximate surface area is 256 Å². The van der Waals surface area contributed by atoms with Gasteiger partial charge in [-0.1, -0.05) is 72.2 Å². The molecule has 5 rings (SSSR count). The number of nitro groups is 1. The van der Waals surface area contributed by atoms with Gasteiger partial charge < -0.3 is 9.47 Å². The molecule has 0 aliphatic carbocycles. The number of benzene rings is 4. The number of hydrogen-bond donors (Lipinski definition) is 0. The molecule has 1 heterocycles. The second kappa shape index (κ2) is 12.6. The summed E-state index contributed by atoms with van der Waals surface area (Å²) in [6.45, 7) is 6.15. The van der Waals surface area contributed by atoms with E-state index in [2.05, 4.69) is 34.9 Å². The quantitative estimate of drug-likeness (QED) is 0.0930. The molecule has 0 bridgehead atoms. The molecule has 1 aromatic heterocycles. The molecule has 0 aliphatic heterocycles. The van der Waals surface area contributed by atoms with Gasteiger partial charge in [-0.15, -0.1) is 0 Å². The number of rotatable bonds is 9. The highest BCUT2D eigenvalue weighted by Crippen LogP contribution is 2.36. The zero-order valence-electron chi connectivity index (χ0n) is 24.1. The number of para-hydroxylation sites is 1. The number of halogens is 1. The summed E-state index contributed by atoms with van der Waals surface area (Å²) < 4.78 is 13.3. The minimum absolute atomic E-state index is 0.0341. The number of aromatic nitrogens is 2. The van der Waals surface area contributed by atoms with Crippen LogP contribution in [0.1, 0.15) is 42.0 Å². The lowest BCUT2D eigenvalue weighted by Crippen LogP contribution is -2.21. The summed E-state index contributed by atoms with van der Waals surface area (Å²) in [6.07, 6.45) is 1.39. The van der Waals surface area contributed by atoms with Crippen LogP contribution in [-0.4, -0.2) is 27.9 Å². The Morgan fingerprint density at radius 3 is 2.49 bits per heavy atom. The highest BCUT2D eigenvalue weighted by Gasteiger charge is 2.22. The SMILES string of the molecule is COc1cc(C)c(-c2nc3ccccc3c(=O)n2N=Cc2cc(Br)cc([N+](=O)[O-])c2OCc2ccccc2)cc1C(C)C. The van der Waals surface area contributed by atoms with Gasteiger partial charge in [0.05, 0.1) is 29.2 Å². The van der Waals surface area contributed by atoms with Crippen molar-refractivity contribution in [2.75, 3.05) is 7.11 Å². The van der Waals surface area contributed by atoms with Crippen LogP contribution in [0.4, 0.5) is 5.69 Å². The molecule has 0 saturated heterocycles. The van der Waals surface area contributed by atoms with Crippen LogP contribution < -0.4 is 15.0 Å². The van der Waals surface area contributed by atoms with E-state index in [0.29, 0.717) is 32.3 Å². The average molecular weight is 642 g/mol. The van der Waals surface area contributed by atoms with Gasteiger partial charge in [0.1, 0.15) is 12.4 Å². The van der Waals surface area contributed by atoms with Crippen molar-refractivity contribution in [3.63, 3.8) is 0 Å². The summed E-state index contributed by atoms with van der Waals surface area (Å²) in [5.74, 6) is 1.26. The van der Waals surface area contributed by atoms with Crippen molar-refractivity contribution in [1.82, 2.24) is 9.66 Å². The van der Waals surface area contributed by atoms with E-state index < -0.39 is 4.92 Å². The first kappa shape index (κ1) is 29.7. The van der Waals surface area contributed by atoms with Crippen molar-refractivity contribution in [3.05, 3.63) is 126 Å². The highest BCUT2D eigenvalue weighted by atomic mass is 79.9. The lowest BCUT2D eigenvalue weighted by atomic mass is 9.96. The van der Waals surface area contributed by atoms with E-state index >= 15 is 0 Å². The number of ether oxygens (including phenoxy) is 2. The standard InChI is InChI=1S/C33H29BrN4O5/c1-20(2)26-17-27(21(3)14-30(26)42-4)32-36-28-13-9-8-12-25(28)33(39)37(32)35-18-23-15-24(34)16-29(38(40)41)31(23)43-19-22-10-6-5-7-11-22/h5-18,20H,19H2,1-4H3. The first-order valence-corrected chi connectivity index (χ1v) is 14.4. The van der Waals surface area contributed by atoms with Crippen LogP contribution in [0.25, 0.3) is 22.3 Å². The Kier molecular flexibility index (Phi) is 8.68. The molecule has 43 heavy (non-hydrogen) atoms. The van der Waals surface area contributed by atoms with Gasteiger partial charge in [-0.05, 0) is 59.9 Å². The zero-order valence-corrected chi connectivity index (χ0v) is 25.7. The topological polar surface area (TPSA) is 109 Å². The van der Waals surface area contributed by atoms with E-state index in [4.69, 9.17) is 14.5 Å². The minimum atomic E-state index is -0.508. The summed E-state index contributed by atoms with van der Waals surface area (Å²) in [7, 11) is 1.63. The number of hydrogen-bond acceptors (Lipinski definition) is 7. The molecule has 9 nitrogen and oxygen atoms in total. The summed E-state index contributed by atoms with van der Waals surface area (Å²) >= 11 is 3.37. The van der Waals surface area contributed by atoms with Gasteiger partial charge in [0, 0.05) is 21.7 Å². The lowest BCUT2D eigenvalue weighted by Gasteiger charge is -2.17.